The first kappa shape index (κ1) is 105. The Kier molecular flexibility index (Phi) is 60.3. The SMILES string of the molecule is C.C.CC(=O)OCC(=O)OCc1c[c-]c(-c2ccccn2)cc1.CC(=O)OCc1c[c-]c(-c2ccccn2)cc1.CCOC(=O)c1c(F)c[c-]c(-c2ccccn2)c1F.Cc1c[c-]c(-c2ccccn2)c(F)c1.Fc1c[c-]c(-c2ccccn2)c(F)c1.[CH3-].[CH3-].[CH3-].[CH3-].[Ir+3].[Ir].[Ir].[NH2-].[NH2-].[NH2-].[NH2-]. The number of hydrogen-bond acceptors (Lipinski definition) is 13. The molecule has 0 atom stereocenters. The fourth-order valence-electron chi connectivity index (χ4n) is 7.02. The Balaban J connectivity index is -0.000000168. The van der Waals surface area contributed by atoms with Crippen molar-refractivity contribution in [3.63, 3.8) is 0 Å². The maximum Gasteiger partial charge on any atom is 3.00 e. The topological polar surface area (TPSA) is 304 Å². The summed E-state index contributed by atoms with van der Waals surface area (Å²) >= 11 is 0. The molecule has 8 N–H and O–H groups in total. The second-order valence-corrected chi connectivity index (χ2v) is 17.4. The summed E-state index contributed by atoms with van der Waals surface area (Å²) in [6, 6.07) is 57.9. The van der Waals surface area contributed by atoms with Crippen molar-refractivity contribution in [2.75, 3.05) is 13.2 Å². The van der Waals surface area contributed by atoms with Gasteiger partial charge in [0.25, 0.3) is 0 Å². The molecule has 0 saturated carbocycles. The molecule has 2 radical (unpaired) electrons. The predicted molar refractivity (Wildman–Crippen MR) is 365 cm³/mol. The van der Waals surface area contributed by atoms with Crippen molar-refractivity contribution in [3.8, 4) is 56.3 Å². The van der Waals surface area contributed by atoms with Gasteiger partial charge in [0.15, 0.2) is 6.61 Å². The maximum atomic E-state index is 14.2. The third-order valence-electron chi connectivity index (χ3n) is 11.0. The first-order valence-electron chi connectivity index (χ1n) is 25.7. The molecule has 0 unspecified atom stereocenters. The molecule has 25 heteroatoms. The summed E-state index contributed by atoms with van der Waals surface area (Å²) in [5, 5.41) is 0. The predicted octanol–water partition coefficient (Wildman–Crippen LogP) is 19.5. The van der Waals surface area contributed by atoms with Gasteiger partial charge in [-0.1, -0.05) is 116 Å². The average molecular weight is 1880 g/mol. The molecule has 5 aromatic carbocycles. The van der Waals surface area contributed by atoms with E-state index in [0.717, 1.165) is 57.4 Å². The number of aryl methyl sites for hydroxylation is 1. The van der Waals surface area contributed by atoms with Gasteiger partial charge in [-0.15, -0.1) is 108 Å². The number of carbonyl (C=O) groups is 4. The van der Waals surface area contributed by atoms with Crippen LogP contribution in [0.15, 0.2) is 189 Å². The van der Waals surface area contributed by atoms with E-state index in [1.165, 1.54) is 26.1 Å². The van der Waals surface area contributed by atoms with Crippen LogP contribution in [-0.4, -0.2) is 62.0 Å². The molecule has 17 nitrogen and oxygen atoms in total. The fourth-order valence-corrected chi connectivity index (χ4v) is 7.02. The van der Waals surface area contributed by atoms with Crippen LogP contribution in [0, 0.1) is 96.0 Å². The number of nitrogens with zero attached hydrogens (tertiary/aromatic N) is 5. The van der Waals surface area contributed by atoms with E-state index >= 15 is 0 Å². The number of aromatic nitrogens is 5. The Morgan fingerprint density at radius 1 is 0.439 bits per heavy atom. The van der Waals surface area contributed by atoms with Crippen LogP contribution >= 0.6 is 0 Å². The van der Waals surface area contributed by atoms with E-state index in [9.17, 15) is 41.1 Å². The van der Waals surface area contributed by atoms with Crippen LogP contribution in [0.4, 0.5) is 22.0 Å². The number of nitrogens with two attached hydrogens (primary N) is 4. The number of ether oxygens (including phenoxy) is 4. The Hall–Kier alpha value is -8.83. The molecule has 5 aromatic heterocycles. The standard InChI is InChI=1S/C16H14NO4.C14H10F2NO2.C14H12NO2.C12H9FN.C11H6F2N.2CH4.4CH3.3Ir.4H2N/c1-12(18)20-11-16(19)21-10-13-5-7-14(8-6-13)15-4-2-3-9-17-15;1-2-19-14(18)12-10(15)7-6-9(13(12)16)11-5-3-4-8-17-11;1-11(16)17-10-12-5-7-13(8-6-12)14-4-2-3-9-15-14;1-9-5-6-10(11(13)8-9)12-4-2-3-7-14-12;12-8-4-5-9(10(13)7-8)11-3-1-2-6-14-11;;;;;;;;;;;;;/h2-7,9H,10-11H2,1H3;3-5,7-8H,2H2,1H3;2-7,9H,10H2,1H3;2-5,7-8H,1H3;1-4,6-7H;2*1H4;4*1H3;;;;4*1H2/q5*-1;;;4*-1;;;+3;4*-1. The number of rotatable bonds is 13. The molecule has 0 spiro atoms. The summed E-state index contributed by atoms with van der Waals surface area (Å²) in [5.74, 6) is -6.00. The van der Waals surface area contributed by atoms with Crippen LogP contribution in [0.2, 0.25) is 0 Å². The molecule has 0 saturated heterocycles. The van der Waals surface area contributed by atoms with Gasteiger partial charge in [-0.25, -0.2) is 9.59 Å². The van der Waals surface area contributed by atoms with E-state index in [1.807, 2.05) is 79.7 Å². The van der Waals surface area contributed by atoms with Crippen LogP contribution in [0.25, 0.3) is 80.9 Å². The monoisotopic (exact) mass is 1880 g/mol. The van der Waals surface area contributed by atoms with Crippen molar-refractivity contribution in [2.45, 2.75) is 55.8 Å². The molecule has 536 valence electrons. The molecule has 0 aliphatic rings. The molecule has 10 rings (SSSR count). The number of halogens is 5. The smallest absolute Gasteiger partial charge is 0.693 e. The number of hydrogen-bond donors (Lipinski definition) is 0. The summed E-state index contributed by atoms with van der Waals surface area (Å²) in [7, 11) is 0. The largest absolute Gasteiger partial charge is 3.00 e. The normalized spacial score (nSPS) is 8.74. The summed E-state index contributed by atoms with van der Waals surface area (Å²) in [4.78, 5) is 64.5. The third-order valence-corrected chi connectivity index (χ3v) is 11.0. The van der Waals surface area contributed by atoms with Gasteiger partial charge in [-0.05, 0) is 65.7 Å². The number of carbonyl (C=O) groups excluding carboxylic acids is 4. The molecular formula is C73H79F5Ir3N9O8-10. The average Bonchev–Trinajstić information content (AvgIpc) is 0.845. The first-order chi connectivity index (χ1) is 41.1. The van der Waals surface area contributed by atoms with Crippen LogP contribution in [0.5, 0.6) is 0 Å². The third kappa shape index (κ3) is 34.9. The molecule has 10 aromatic rings. The first-order valence-corrected chi connectivity index (χ1v) is 25.7. The van der Waals surface area contributed by atoms with E-state index < -0.39 is 46.7 Å². The van der Waals surface area contributed by atoms with Gasteiger partial charge in [0.05, 0.1) is 31.5 Å². The Labute approximate surface area is 615 Å². The van der Waals surface area contributed by atoms with Crippen molar-refractivity contribution in [1.29, 1.82) is 0 Å². The second kappa shape index (κ2) is 56.2. The van der Waals surface area contributed by atoms with Gasteiger partial charge in [0, 0.05) is 108 Å². The zero-order valence-corrected chi connectivity index (χ0v) is 60.6. The zero-order valence-electron chi connectivity index (χ0n) is 53.4. The van der Waals surface area contributed by atoms with E-state index in [2.05, 4.69) is 64.7 Å². The van der Waals surface area contributed by atoms with Crippen LogP contribution in [-0.2, 0) is 107 Å². The van der Waals surface area contributed by atoms with Gasteiger partial charge in [-0.3, -0.25) is 31.5 Å². The molecule has 0 aliphatic heterocycles. The van der Waals surface area contributed by atoms with Crippen molar-refractivity contribution >= 4 is 23.9 Å². The Morgan fingerprint density at radius 3 is 1.17 bits per heavy atom. The van der Waals surface area contributed by atoms with E-state index in [4.69, 9.17) is 9.47 Å². The van der Waals surface area contributed by atoms with Crippen molar-refractivity contribution in [2.24, 2.45) is 0 Å². The molecular weight excluding hydrogens is 1800 g/mol. The minimum atomic E-state index is -1.04. The second-order valence-electron chi connectivity index (χ2n) is 17.4. The van der Waals surface area contributed by atoms with Gasteiger partial charge < -0.3 is 98.2 Å². The Bertz CT molecular complexity index is 3680. The molecule has 0 fully saturated rings. The van der Waals surface area contributed by atoms with Gasteiger partial charge in [0.2, 0.25) is 0 Å². The Morgan fingerprint density at radius 2 is 0.816 bits per heavy atom. The molecule has 98 heavy (non-hydrogen) atoms. The van der Waals surface area contributed by atoms with Crippen LogP contribution in [0.1, 0.15) is 62.7 Å². The number of pyridine rings is 5. The van der Waals surface area contributed by atoms with Gasteiger partial charge in [0.1, 0.15) is 0 Å². The van der Waals surface area contributed by atoms with Gasteiger partial charge in [-0.2, -0.15) is 0 Å². The van der Waals surface area contributed by atoms with E-state index in [1.54, 1.807) is 92.4 Å². The minimum Gasteiger partial charge on any atom is -0.693 e. The van der Waals surface area contributed by atoms with Crippen LogP contribution in [0.3, 0.4) is 0 Å². The van der Waals surface area contributed by atoms with Gasteiger partial charge >= 0.3 is 44.0 Å². The molecule has 0 aliphatic carbocycles. The van der Waals surface area contributed by atoms with Crippen molar-refractivity contribution < 1.29 is 120 Å². The quantitative estimate of drug-likeness (QED) is 0.0449. The van der Waals surface area contributed by atoms with Crippen LogP contribution < -0.4 is 0 Å². The fraction of sp³-hybridized carbons (Fsp3) is 0.137. The summed E-state index contributed by atoms with van der Waals surface area (Å²) in [6.45, 7) is 6.09. The van der Waals surface area contributed by atoms with E-state index in [0.29, 0.717) is 17.0 Å². The zero-order chi connectivity index (χ0) is 60.9. The molecule has 5 heterocycles. The summed E-state index contributed by atoms with van der Waals surface area (Å²) in [6.07, 6.45) is 8.12. The van der Waals surface area contributed by atoms with Crippen molar-refractivity contribution in [3.05, 3.63) is 325 Å². The number of esters is 4. The van der Waals surface area contributed by atoms with Crippen molar-refractivity contribution in [1.82, 2.24) is 24.9 Å². The minimum absolute atomic E-state index is 0. The summed E-state index contributed by atoms with van der Waals surface area (Å²) in [5.41, 5.74) is 7.24. The number of benzene rings is 5. The molecule has 0 amide bonds. The molecule has 0 bridgehead atoms. The van der Waals surface area contributed by atoms with E-state index in [-0.39, 0.29) is 185 Å². The maximum absolute atomic E-state index is 14.2. The summed E-state index contributed by atoms with van der Waals surface area (Å²) < 4.78 is 86.0.